The van der Waals surface area contributed by atoms with E-state index in [4.69, 9.17) is 0 Å². The van der Waals surface area contributed by atoms with Crippen molar-refractivity contribution in [1.82, 2.24) is 14.5 Å². The van der Waals surface area contributed by atoms with Gasteiger partial charge in [-0.15, -0.1) is 0 Å². The number of hydrogen-bond acceptors (Lipinski definition) is 4. The van der Waals surface area contributed by atoms with Crippen LogP contribution in [0.1, 0.15) is 37.7 Å². The van der Waals surface area contributed by atoms with E-state index in [0.717, 1.165) is 0 Å². The number of piperidine rings is 1. The second kappa shape index (κ2) is 5.41. The SMILES string of the molecule is Cn1c(=O)c(C(=O)N2CC[C@](C)(O)C(C)(C)C2)nc2ccccc21. The van der Waals surface area contributed by atoms with Crippen LogP contribution in [0.4, 0.5) is 0 Å². The van der Waals surface area contributed by atoms with Gasteiger partial charge in [0.15, 0.2) is 5.69 Å². The second-order valence-corrected chi connectivity index (χ2v) is 7.45. The molecule has 1 aromatic heterocycles. The number of likely N-dealkylation sites (tertiary alicyclic amines) is 1. The number of aliphatic hydroxyl groups is 1. The molecule has 6 heteroatoms. The number of fused-ring (bicyclic) bond motifs is 1. The highest BCUT2D eigenvalue weighted by Gasteiger charge is 2.45. The standard InChI is InChI=1S/C18H23N3O3/c1-17(2)11-21(10-9-18(17,3)24)16(23)14-15(22)20(4)13-8-6-5-7-12(13)19-14/h5-8,24H,9-11H2,1-4H3/t18-/m0/s1. The van der Waals surface area contributed by atoms with Gasteiger partial charge in [-0.1, -0.05) is 26.0 Å². The summed E-state index contributed by atoms with van der Waals surface area (Å²) in [6, 6.07) is 7.26. The van der Waals surface area contributed by atoms with Crippen LogP contribution in [0.3, 0.4) is 0 Å². The van der Waals surface area contributed by atoms with Crippen LogP contribution in [-0.2, 0) is 7.05 Å². The number of carbonyl (C=O) groups excluding carboxylic acids is 1. The van der Waals surface area contributed by atoms with Gasteiger partial charge in [0.1, 0.15) is 0 Å². The van der Waals surface area contributed by atoms with Gasteiger partial charge in [-0.3, -0.25) is 9.59 Å². The van der Waals surface area contributed by atoms with Crippen LogP contribution in [0.15, 0.2) is 29.1 Å². The lowest BCUT2D eigenvalue weighted by molar-refractivity contribution is -0.0971. The van der Waals surface area contributed by atoms with Gasteiger partial charge >= 0.3 is 0 Å². The Balaban J connectivity index is 2.01. The van der Waals surface area contributed by atoms with E-state index in [-0.39, 0.29) is 11.6 Å². The third kappa shape index (κ3) is 2.51. The Bertz CT molecular complexity index is 867. The van der Waals surface area contributed by atoms with Gasteiger partial charge in [-0.25, -0.2) is 4.98 Å². The number of carbonyl (C=O) groups is 1. The molecule has 1 N–H and O–H groups in total. The Kier molecular flexibility index (Phi) is 3.75. The van der Waals surface area contributed by atoms with Gasteiger partial charge in [-0.2, -0.15) is 0 Å². The molecule has 2 heterocycles. The highest BCUT2D eigenvalue weighted by atomic mass is 16.3. The van der Waals surface area contributed by atoms with Crippen molar-refractivity contribution in [2.45, 2.75) is 32.8 Å². The Morgan fingerprint density at radius 3 is 2.58 bits per heavy atom. The fraction of sp³-hybridized carbons (Fsp3) is 0.500. The van der Waals surface area contributed by atoms with Crippen molar-refractivity contribution in [2.24, 2.45) is 12.5 Å². The lowest BCUT2D eigenvalue weighted by Gasteiger charge is -2.48. The minimum atomic E-state index is -0.842. The monoisotopic (exact) mass is 329 g/mol. The molecule has 0 unspecified atom stereocenters. The molecule has 1 amide bonds. The summed E-state index contributed by atoms with van der Waals surface area (Å²) in [4.78, 5) is 31.4. The van der Waals surface area contributed by atoms with Gasteiger partial charge in [0, 0.05) is 25.6 Å². The summed E-state index contributed by atoms with van der Waals surface area (Å²) in [6.07, 6.45) is 0.472. The number of amides is 1. The zero-order valence-electron chi connectivity index (χ0n) is 14.5. The molecule has 0 radical (unpaired) electrons. The highest BCUT2D eigenvalue weighted by molar-refractivity contribution is 5.94. The van der Waals surface area contributed by atoms with Crippen molar-refractivity contribution in [3.63, 3.8) is 0 Å². The zero-order chi connectivity index (χ0) is 17.7. The molecule has 24 heavy (non-hydrogen) atoms. The van der Waals surface area contributed by atoms with Gasteiger partial charge in [-0.05, 0) is 25.5 Å². The van der Waals surface area contributed by atoms with Crippen LogP contribution in [-0.4, -0.2) is 44.2 Å². The number of benzene rings is 1. The first-order valence-corrected chi connectivity index (χ1v) is 8.11. The summed E-state index contributed by atoms with van der Waals surface area (Å²) in [7, 11) is 1.65. The van der Waals surface area contributed by atoms with E-state index in [1.807, 2.05) is 26.0 Å². The predicted octanol–water partition coefficient (Wildman–Crippen LogP) is 1.56. The van der Waals surface area contributed by atoms with Gasteiger partial charge < -0.3 is 14.6 Å². The van der Waals surface area contributed by atoms with Gasteiger partial charge in [0.05, 0.1) is 16.6 Å². The minimum Gasteiger partial charge on any atom is -0.389 e. The number of aromatic nitrogens is 2. The van der Waals surface area contributed by atoms with E-state index in [9.17, 15) is 14.7 Å². The molecule has 1 aliphatic rings. The fourth-order valence-corrected chi connectivity index (χ4v) is 3.16. The Hall–Kier alpha value is -2.21. The lowest BCUT2D eigenvalue weighted by atomic mass is 9.71. The van der Waals surface area contributed by atoms with Gasteiger partial charge in [0.25, 0.3) is 11.5 Å². The normalized spacial score (nSPS) is 23.5. The molecule has 6 nitrogen and oxygen atoms in total. The van der Waals surface area contributed by atoms with E-state index in [1.54, 1.807) is 31.0 Å². The second-order valence-electron chi connectivity index (χ2n) is 7.45. The number of rotatable bonds is 1. The topological polar surface area (TPSA) is 75.4 Å². The molecular formula is C18H23N3O3. The molecule has 3 rings (SSSR count). The summed E-state index contributed by atoms with van der Waals surface area (Å²) >= 11 is 0. The summed E-state index contributed by atoms with van der Waals surface area (Å²) in [5.41, 5.74) is -0.441. The van der Waals surface area contributed by atoms with Crippen molar-refractivity contribution in [1.29, 1.82) is 0 Å². The van der Waals surface area contributed by atoms with Crippen molar-refractivity contribution in [3.8, 4) is 0 Å². The Morgan fingerprint density at radius 1 is 1.25 bits per heavy atom. The third-order valence-corrected chi connectivity index (χ3v) is 5.39. The number of hydrogen-bond donors (Lipinski definition) is 1. The van der Waals surface area contributed by atoms with Crippen molar-refractivity contribution in [2.75, 3.05) is 13.1 Å². The van der Waals surface area contributed by atoms with Crippen LogP contribution in [0.5, 0.6) is 0 Å². The van der Waals surface area contributed by atoms with Crippen LogP contribution in [0.2, 0.25) is 0 Å². The van der Waals surface area contributed by atoms with Crippen molar-refractivity contribution < 1.29 is 9.90 Å². The van der Waals surface area contributed by atoms with E-state index < -0.39 is 16.6 Å². The maximum Gasteiger partial charge on any atom is 0.282 e. The zero-order valence-corrected chi connectivity index (χ0v) is 14.5. The summed E-state index contributed by atoms with van der Waals surface area (Å²) in [5.74, 6) is -0.370. The Labute approximate surface area is 140 Å². The van der Waals surface area contributed by atoms with E-state index >= 15 is 0 Å². The first-order chi connectivity index (χ1) is 11.1. The van der Waals surface area contributed by atoms with Crippen LogP contribution in [0, 0.1) is 5.41 Å². The van der Waals surface area contributed by atoms with E-state index in [1.165, 1.54) is 4.57 Å². The fourth-order valence-electron chi connectivity index (χ4n) is 3.16. The average Bonchev–Trinajstić information content (AvgIpc) is 2.53. The largest absolute Gasteiger partial charge is 0.389 e. The quantitative estimate of drug-likeness (QED) is 0.861. The molecule has 1 saturated heterocycles. The smallest absolute Gasteiger partial charge is 0.282 e. The first kappa shape index (κ1) is 16.6. The van der Waals surface area contributed by atoms with Crippen molar-refractivity contribution >= 4 is 16.9 Å². The number of para-hydroxylation sites is 2. The maximum atomic E-state index is 12.9. The Morgan fingerprint density at radius 2 is 1.92 bits per heavy atom. The molecule has 1 aliphatic heterocycles. The predicted molar refractivity (Wildman–Crippen MR) is 91.9 cm³/mol. The molecule has 1 aromatic carbocycles. The first-order valence-electron chi connectivity index (χ1n) is 8.11. The van der Waals surface area contributed by atoms with Crippen LogP contribution in [0.25, 0.3) is 11.0 Å². The summed E-state index contributed by atoms with van der Waals surface area (Å²) in [6.45, 7) is 6.45. The van der Waals surface area contributed by atoms with Gasteiger partial charge in [0.2, 0.25) is 0 Å². The minimum absolute atomic E-state index is 0.0615. The molecule has 0 aliphatic carbocycles. The van der Waals surface area contributed by atoms with Crippen LogP contribution >= 0.6 is 0 Å². The molecule has 1 fully saturated rings. The molecule has 0 spiro atoms. The molecule has 1 atom stereocenters. The van der Waals surface area contributed by atoms with E-state index in [2.05, 4.69) is 4.98 Å². The van der Waals surface area contributed by atoms with Crippen LogP contribution < -0.4 is 5.56 Å². The average molecular weight is 329 g/mol. The lowest BCUT2D eigenvalue weighted by Crippen LogP contribution is -2.57. The molecular weight excluding hydrogens is 306 g/mol. The maximum absolute atomic E-state index is 12.9. The molecule has 0 bridgehead atoms. The highest BCUT2D eigenvalue weighted by Crippen LogP contribution is 2.38. The number of aryl methyl sites for hydroxylation is 1. The summed E-state index contributed by atoms with van der Waals surface area (Å²) in [5, 5.41) is 10.5. The van der Waals surface area contributed by atoms with E-state index in [0.29, 0.717) is 30.5 Å². The molecule has 128 valence electrons. The number of nitrogens with zero attached hydrogens (tertiary/aromatic N) is 3. The third-order valence-electron chi connectivity index (χ3n) is 5.39. The molecule has 2 aromatic rings. The van der Waals surface area contributed by atoms with Crippen molar-refractivity contribution in [3.05, 3.63) is 40.3 Å². The summed E-state index contributed by atoms with van der Waals surface area (Å²) < 4.78 is 1.46. The molecule has 0 saturated carbocycles.